The standard InChI is InChI=1S/C11H13N3S/c1-11(2,3)10-14-8(7-15-10)9-12-5-4-6-13-9/h4-7H,1-3H3. The molecule has 2 aromatic heterocycles. The lowest BCUT2D eigenvalue weighted by Crippen LogP contribution is -2.10. The normalized spacial score (nSPS) is 11.7. The van der Waals surface area contributed by atoms with Crippen molar-refractivity contribution in [2.45, 2.75) is 26.2 Å². The van der Waals surface area contributed by atoms with Crippen LogP contribution >= 0.6 is 11.3 Å². The molecule has 0 aliphatic carbocycles. The lowest BCUT2D eigenvalue weighted by Gasteiger charge is -2.13. The molecule has 78 valence electrons. The molecule has 0 saturated carbocycles. The smallest absolute Gasteiger partial charge is 0.178 e. The summed E-state index contributed by atoms with van der Waals surface area (Å²) in [6, 6.07) is 1.81. The van der Waals surface area contributed by atoms with Gasteiger partial charge in [-0.2, -0.15) is 0 Å². The molecule has 0 fully saturated rings. The first-order chi connectivity index (χ1) is 7.07. The number of nitrogens with zero attached hydrogens (tertiary/aromatic N) is 3. The van der Waals surface area contributed by atoms with Crippen LogP contribution < -0.4 is 0 Å². The van der Waals surface area contributed by atoms with Gasteiger partial charge in [-0.15, -0.1) is 11.3 Å². The van der Waals surface area contributed by atoms with Crippen molar-refractivity contribution in [2.75, 3.05) is 0 Å². The lowest BCUT2D eigenvalue weighted by molar-refractivity contribution is 0.586. The molecule has 0 aliphatic heterocycles. The molecular weight excluding hydrogens is 206 g/mol. The van der Waals surface area contributed by atoms with Crippen LogP contribution in [-0.2, 0) is 5.41 Å². The van der Waals surface area contributed by atoms with Gasteiger partial charge in [0.25, 0.3) is 0 Å². The van der Waals surface area contributed by atoms with E-state index in [1.54, 1.807) is 29.8 Å². The summed E-state index contributed by atoms with van der Waals surface area (Å²) < 4.78 is 0. The first-order valence-corrected chi connectivity index (χ1v) is 5.69. The molecule has 4 heteroatoms. The molecule has 0 N–H and O–H groups in total. The molecule has 0 spiro atoms. The highest BCUT2D eigenvalue weighted by Gasteiger charge is 2.18. The fraction of sp³-hybridized carbons (Fsp3) is 0.364. The summed E-state index contributed by atoms with van der Waals surface area (Å²) in [7, 11) is 0. The van der Waals surface area contributed by atoms with E-state index in [4.69, 9.17) is 0 Å². The summed E-state index contributed by atoms with van der Waals surface area (Å²) in [6.07, 6.45) is 3.47. The van der Waals surface area contributed by atoms with Gasteiger partial charge in [0.15, 0.2) is 5.82 Å². The fourth-order valence-electron chi connectivity index (χ4n) is 1.15. The van der Waals surface area contributed by atoms with Crippen LogP contribution in [0.4, 0.5) is 0 Å². The van der Waals surface area contributed by atoms with E-state index in [1.807, 2.05) is 5.38 Å². The van der Waals surface area contributed by atoms with Gasteiger partial charge in [-0.3, -0.25) is 0 Å². The van der Waals surface area contributed by atoms with Gasteiger partial charge in [0.2, 0.25) is 0 Å². The van der Waals surface area contributed by atoms with Crippen molar-refractivity contribution < 1.29 is 0 Å². The quantitative estimate of drug-likeness (QED) is 0.740. The summed E-state index contributed by atoms with van der Waals surface area (Å²) in [6.45, 7) is 6.46. The van der Waals surface area contributed by atoms with Gasteiger partial charge < -0.3 is 0 Å². The van der Waals surface area contributed by atoms with Gasteiger partial charge >= 0.3 is 0 Å². The topological polar surface area (TPSA) is 38.7 Å². The first kappa shape index (κ1) is 10.2. The third kappa shape index (κ3) is 2.21. The van der Waals surface area contributed by atoms with E-state index in [0.717, 1.165) is 10.7 Å². The van der Waals surface area contributed by atoms with Crippen LogP contribution in [0, 0.1) is 0 Å². The predicted molar refractivity (Wildman–Crippen MR) is 61.8 cm³/mol. The third-order valence-electron chi connectivity index (χ3n) is 1.94. The Balaban J connectivity index is 2.37. The zero-order chi connectivity index (χ0) is 10.9. The van der Waals surface area contributed by atoms with Crippen LogP contribution in [0.5, 0.6) is 0 Å². The molecule has 3 nitrogen and oxygen atoms in total. The highest BCUT2D eigenvalue weighted by Crippen LogP contribution is 2.28. The predicted octanol–water partition coefficient (Wildman–Crippen LogP) is 2.90. The minimum atomic E-state index is 0.0949. The van der Waals surface area contributed by atoms with E-state index in [9.17, 15) is 0 Å². The highest BCUT2D eigenvalue weighted by atomic mass is 32.1. The van der Waals surface area contributed by atoms with Gasteiger partial charge in [0.1, 0.15) is 5.69 Å². The Morgan fingerprint density at radius 3 is 2.33 bits per heavy atom. The SMILES string of the molecule is CC(C)(C)c1nc(-c2ncccn2)cs1. The summed E-state index contributed by atoms with van der Waals surface area (Å²) in [5.41, 5.74) is 0.961. The van der Waals surface area contributed by atoms with Crippen molar-refractivity contribution in [2.24, 2.45) is 0 Å². The van der Waals surface area contributed by atoms with Crippen LogP contribution in [-0.4, -0.2) is 15.0 Å². The second kappa shape index (κ2) is 3.70. The minimum Gasteiger partial charge on any atom is -0.237 e. The second-order valence-corrected chi connectivity index (χ2v) is 5.22. The van der Waals surface area contributed by atoms with Crippen LogP contribution in [0.3, 0.4) is 0 Å². The molecular formula is C11H13N3S. The molecule has 0 aliphatic rings. The molecule has 0 unspecified atom stereocenters. The third-order valence-corrected chi connectivity index (χ3v) is 3.21. The Morgan fingerprint density at radius 2 is 1.80 bits per heavy atom. The molecule has 0 amide bonds. The van der Waals surface area contributed by atoms with E-state index >= 15 is 0 Å². The maximum atomic E-state index is 4.55. The number of rotatable bonds is 1. The van der Waals surface area contributed by atoms with Crippen LogP contribution in [0.25, 0.3) is 11.5 Å². The largest absolute Gasteiger partial charge is 0.237 e. The van der Waals surface area contributed by atoms with Crippen molar-refractivity contribution in [3.8, 4) is 11.5 Å². The molecule has 2 heterocycles. The molecule has 0 atom stereocenters. The Bertz CT molecular complexity index is 442. The zero-order valence-corrected chi connectivity index (χ0v) is 9.88. The zero-order valence-electron chi connectivity index (χ0n) is 9.06. The van der Waals surface area contributed by atoms with E-state index in [2.05, 4.69) is 35.7 Å². The van der Waals surface area contributed by atoms with E-state index in [1.165, 1.54) is 0 Å². The molecule has 0 saturated heterocycles. The molecule has 15 heavy (non-hydrogen) atoms. The van der Waals surface area contributed by atoms with Gasteiger partial charge in [-0.1, -0.05) is 20.8 Å². The lowest BCUT2D eigenvalue weighted by atomic mass is 9.98. The number of hydrogen-bond acceptors (Lipinski definition) is 4. The summed E-state index contributed by atoms with van der Waals surface area (Å²) in [5.74, 6) is 0.698. The van der Waals surface area contributed by atoms with Gasteiger partial charge in [0, 0.05) is 23.2 Å². The maximum absolute atomic E-state index is 4.55. The molecule has 2 rings (SSSR count). The van der Waals surface area contributed by atoms with Gasteiger partial charge in [-0.25, -0.2) is 15.0 Å². The Kier molecular flexibility index (Phi) is 2.52. The van der Waals surface area contributed by atoms with Crippen molar-refractivity contribution in [3.05, 3.63) is 28.8 Å². The van der Waals surface area contributed by atoms with Crippen molar-refractivity contribution >= 4 is 11.3 Å². The summed E-state index contributed by atoms with van der Waals surface area (Å²) in [4.78, 5) is 12.9. The second-order valence-electron chi connectivity index (χ2n) is 4.36. The minimum absolute atomic E-state index is 0.0949. The summed E-state index contributed by atoms with van der Waals surface area (Å²) in [5, 5.41) is 3.13. The average Bonchev–Trinajstić information content (AvgIpc) is 2.67. The highest BCUT2D eigenvalue weighted by molar-refractivity contribution is 7.10. The number of aromatic nitrogens is 3. The first-order valence-electron chi connectivity index (χ1n) is 4.81. The number of thiazole rings is 1. The van der Waals surface area contributed by atoms with Crippen LogP contribution in [0.15, 0.2) is 23.8 Å². The molecule has 0 radical (unpaired) electrons. The van der Waals surface area contributed by atoms with E-state index in [-0.39, 0.29) is 5.41 Å². The Hall–Kier alpha value is -1.29. The van der Waals surface area contributed by atoms with Crippen LogP contribution in [0.1, 0.15) is 25.8 Å². The average molecular weight is 219 g/mol. The molecule has 2 aromatic rings. The number of hydrogen-bond donors (Lipinski definition) is 0. The molecule has 0 bridgehead atoms. The van der Waals surface area contributed by atoms with Gasteiger partial charge in [-0.05, 0) is 6.07 Å². The van der Waals surface area contributed by atoms with Crippen molar-refractivity contribution in [1.29, 1.82) is 0 Å². The van der Waals surface area contributed by atoms with Crippen molar-refractivity contribution in [3.63, 3.8) is 0 Å². The van der Waals surface area contributed by atoms with E-state index < -0.39 is 0 Å². The molecule has 0 aromatic carbocycles. The maximum Gasteiger partial charge on any atom is 0.178 e. The van der Waals surface area contributed by atoms with E-state index in [0.29, 0.717) is 5.82 Å². The fourth-order valence-corrected chi connectivity index (χ4v) is 2.04. The summed E-state index contributed by atoms with van der Waals surface area (Å²) >= 11 is 1.66. The Morgan fingerprint density at radius 1 is 1.13 bits per heavy atom. The monoisotopic (exact) mass is 219 g/mol. The van der Waals surface area contributed by atoms with Crippen molar-refractivity contribution in [1.82, 2.24) is 15.0 Å². The van der Waals surface area contributed by atoms with Gasteiger partial charge in [0.05, 0.1) is 5.01 Å². The van der Waals surface area contributed by atoms with Crippen LogP contribution in [0.2, 0.25) is 0 Å². The Labute approximate surface area is 93.2 Å².